The molecule has 148 valence electrons. The number of aryl methyl sites for hydroxylation is 1. The van der Waals surface area contributed by atoms with Gasteiger partial charge in [-0.3, -0.25) is 9.89 Å². The second-order valence-corrected chi connectivity index (χ2v) is 7.16. The smallest absolute Gasteiger partial charge is 0.255 e. The lowest BCUT2D eigenvalue weighted by Crippen LogP contribution is -2.36. The predicted octanol–water partition coefficient (Wildman–Crippen LogP) is 4.23. The predicted molar refractivity (Wildman–Crippen MR) is 110 cm³/mol. The Kier molecular flexibility index (Phi) is 5.12. The Hall–Kier alpha value is -3.48. The lowest BCUT2D eigenvalue weighted by Gasteiger charge is -2.26. The van der Waals surface area contributed by atoms with Crippen LogP contribution in [0.3, 0.4) is 0 Å². The van der Waals surface area contributed by atoms with Crippen LogP contribution in [0.15, 0.2) is 53.2 Å². The molecule has 2 heterocycles. The van der Waals surface area contributed by atoms with Gasteiger partial charge >= 0.3 is 0 Å². The van der Waals surface area contributed by atoms with Crippen molar-refractivity contribution >= 4 is 16.7 Å². The summed E-state index contributed by atoms with van der Waals surface area (Å²) < 4.78 is 5.63. The van der Waals surface area contributed by atoms with Gasteiger partial charge in [0.2, 0.25) is 11.8 Å². The van der Waals surface area contributed by atoms with Gasteiger partial charge in [-0.2, -0.15) is 5.10 Å². The highest BCUT2D eigenvalue weighted by Gasteiger charge is 2.24. The summed E-state index contributed by atoms with van der Waals surface area (Å²) in [4.78, 5) is 15.3. The number of hydrogen-bond donors (Lipinski definition) is 1. The molecule has 29 heavy (non-hydrogen) atoms. The average molecular weight is 389 g/mol. The van der Waals surface area contributed by atoms with Crippen molar-refractivity contribution in [3.63, 3.8) is 0 Å². The van der Waals surface area contributed by atoms with E-state index in [0.717, 1.165) is 21.9 Å². The number of nitrogens with zero attached hydrogens (tertiary/aromatic N) is 4. The molecule has 1 N–H and O–H groups in total. The maximum Gasteiger partial charge on any atom is 0.255 e. The molecule has 0 radical (unpaired) electrons. The standard InChI is InChI=1S/C22H23N5O2/c1-4-20-25-26-21(29-20)13-27(14(2)3)22(28)19-10-9-16(15-11-23-24-12-15)17-7-5-6-8-18(17)19/h5-12,14H,4,13H2,1-3H3,(H,23,24). The number of aromatic nitrogens is 4. The van der Waals surface area contributed by atoms with E-state index in [1.807, 2.05) is 63.4 Å². The van der Waals surface area contributed by atoms with E-state index in [9.17, 15) is 4.79 Å². The number of rotatable bonds is 6. The number of nitrogens with one attached hydrogen (secondary N) is 1. The molecule has 2 aromatic heterocycles. The molecule has 7 nitrogen and oxygen atoms in total. The minimum atomic E-state index is -0.0637. The fourth-order valence-electron chi connectivity index (χ4n) is 3.42. The van der Waals surface area contributed by atoms with E-state index in [1.165, 1.54) is 0 Å². The average Bonchev–Trinajstić information content (AvgIpc) is 3.42. The van der Waals surface area contributed by atoms with Crippen molar-refractivity contribution in [3.8, 4) is 11.1 Å². The zero-order valence-electron chi connectivity index (χ0n) is 16.7. The summed E-state index contributed by atoms with van der Waals surface area (Å²) in [5.74, 6) is 0.959. The van der Waals surface area contributed by atoms with E-state index in [2.05, 4.69) is 20.4 Å². The van der Waals surface area contributed by atoms with Gasteiger partial charge < -0.3 is 9.32 Å². The van der Waals surface area contributed by atoms with Crippen molar-refractivity contribution in [2.75, 3.05) is 0 Å². The van der Waals surface area contributed by atoms with Crippen LogP contribution in [0.2, 0.25) is 0 Å². The van der Waals surface area contributed by atoms with E-state index >= 15 is 0 Å². The normalized spacial score (nSPS) is 11.3. The molecular formula is C22H23N5O2. The summed E-state index contributed by atoms with van der Waals surface area (Å²) in [5, 5.41) is 16.9. The van der Waals surface area contributed by atoms with Crippen LogP contribution in [0.1, 0.15) is 42.9 Å². The Balaban J connectivity index is 1.74. The van der Waals surface area contributed by atoms with Crippen LogP contribution in [-0.4, -0.2) is 37.2 Å². The molecule has 0 spiro atoms. The van der Waals surface area contributed by atoms with Gasteiger partial charge in [0.05, 0.1) is 12.7 Å². The van der Waals surface area contributed by atoms with Gasteiger partial charge in [0.1, 0.15) is 0 Å². The first-order valence-corrected chi connectivity index (χ1v) is 9.71. The van der Waals surface area contributed by atoms with Crippen LogP contribution in [0.5, 0.6) is 0 Å². The lowest BCUT2D eigenvalue weighted by molar-refractivity contribution is 0.0673. The topological polar surface area (TPSA) is 87.9 Å². The van der Waals surface area contributed by atoms with Crippen LogP contribution in [0.4, 0.5) is 0 Å². The Bertz CT molecular complexity index is 1130. The van der Waals surface area contributed by atoms with Crippen molar-refractivity contribution in [1.82, 2.24) is 25.3 Å². The molecule has 0 aliphatic rings. The van der Waals surface area contributed by atoms with Crippen molar-refractivity contribution in [2.45, 2.75) is 39.8 Å². The van der Waals surface area contributed by atoms with Gasteiger partial charge in [-0.05, 0) is 36.2 Å². The quantitative estimate of drug-likeness (QED) is 0.533. The third-order valence-electron chi connectivity index (χ3n) is 4.96. The summed E-state index contributed by atoms with van der Waals surface area (Å²) >= 11 is 0. The zero-order valence-corrected chi connectivity index (χ0v) is 16.7. The summed E-state index contributed by atoms with van der Waals surface area (Å²) in [6.07, 6.45) is 4.30. The number of fused-ring (bicyclic) bond motifs is 1. The van der Waals surface area contributed by atoms with E-state index in [4.69, 9.17) is 4.42 Å². The lowest BCUT2D eigenvalue weighted by atomic mass is 9.96. The molecule has 0 unspecified atom stereocenters. The van der Waals surface area contributed by atoms with E-state index in [0.29, 0.717) is 23.8 Å². The van der Waals surface area contributed by atoms with Crippen LogP contribution < -0.4 is 0 Å². The van der Waals surface area contributed by atoms with Crippen LogP contribution in [0.25, 0.3) is 21.9 Å². The Morgan fingerprint density at radius 3 is 2.52 bits per heavy atom. The summed E-state index contributed by atoms with van der Waals surface area (Å²) in [5.41, 5.74) is 2.67. The molecular weight excluding hydrogens is 366 g/mol. The highest BCUT2D eigenvalue weighted by atomic mass is 16.4. The van der Waals surface area contributed by atoms with Gasteiger partial charge in [0, 0.05) is 29.8 Å². The van der Waals surface area contributed by atoms with Crippen LogP contribution >= 0.6 is 0 Å². The molecule has 0 saturated heterocycles. The SMILES string of the molecule is CCc1nnc(CN(C(=O)c2ccc(-c3cn[nH]c3)c3ccccc23)C(C)C)o1. The molecule has 0 aliphatic carbocycles. The third-order valence-corrected chi connectivity index (χ3v) is 4.96. The second-order valence-electron chi connectivity index (χ2n) is 7.16. The first-order chi connectivity index (χ1) is 14.1. The summed E-state index contributed by atoms with van der Waals surface area (Å²) in [6.45, 7) is 6.20. The van der Waals surface area contributed by atoms with Crippen molar-refractivity contribution in [1.29, 1.82) is 0 Å². The van der Waals surface area contributed by atoms with Crippen molar-refractivity contribution in [3.05, 3.63) is 66.1 Å². The first kappa shape index (κ1) is 18.9. The molecule has 4 aromatic rings. The molecule has 4 rings (SSSR count). The number of carbonyl (C=O) groups excluding carboxylic acids is 1. The minimum absolute atomic E-state index is 0.0215. The number of carbonyl (C=O) groups is 1. The molecule has 0 bridgehead atoms. The molecule has 1 amide bonds. The summed E-state index contributed by atoms with van der Waals surface area (Å²) in [6, 6.07) is 11.8. The van der Waals surface area contributed by atoms with Crippen molar-refractivity contribution < 1.29 is 9.21 Å². The van der Waals surface area contributed by atoms with Gasteiger partial charge in [-0.1, -0.05) is 37.3 Å². The number of benzene rings is 2. The number of amides is 1. The highest BCUT2D eigenvalue weighted by Crippen LogP contribution is 2.31. The number of H-pyrrole nitrogens is 1. The molecule has 0 atom stereocenters. The largest absolute Gasteiger partial charge is 0.423 e. The molecule has 7 heteroatoms. The zero-order chi connectivity index (χ0) is 20.4. The Labute approximate surface area is 168 Å². The second kappa shape index (κ2) is 7.87. The maximum absolute atomic E-state index is 13.5. The van der Waals surface area contributed by atoms with E-state index < -0.39 is 0 Å². The molecule has 0 aliphatic heterocycles. The van der Waals surface area contributed by atoms with E-state index in [-0.39, 0.29) is 18.5 Å². The highest BCUT2D eigenvalue weighted by molar-refractivity contribution is 6.10. The molecule has 0 fully saturated rings. The Morgan fingerprint density at radius 2 is 1.86 bits per heavy atom. The van der Waals surface area contributed by atoms with E-state index in [1.54, 1.807) is 11.1 Å². The van der Waals surface area contributed by atoms with Crippen molar-refractivity contribution in [2.24, 2.45) is 0 Å². The van der Waals surface area contributed by atoms with Crippen LogP contribution in [0, 0.1) is 0 Å². The summed E-state index contributed by atoms with van der Waals surface area (Å²) in [7, 11) is 0. The fraction of sp³-hybridized carbons (Fsp3) is 0.273. The number of aromatic amines is 1. The third kappa shape index (κ3) is 3.63. The number of hydrogen-bond acceptors (Lipinski definition) is 5. The molecule has 2 aromatic carbocycles. The van der Waals surface area contributed by atoms with Gasteiger partial charge in [-0.15, -0.1) is 10.2 Å². The van der Waals surface area contributed by atoms with Gasteiger partial charge in [-0.25, -0.2) is 0 Å². The van der Waals surface area contributed by atoms with Crippen LogP contribution in [-0.2, 0) is 13.0 Å². The minimum Gasteiger partial charge on any atom is -0.423 e. The molecule has 0 saturated carbocycles. The monoisotopic (exact) mass is 389 g/mol. The van der Waals surface area contributed by atoms with Gasteiger partial charge in [0.15, 0.2) is 0 Å². The maximum atomic E-state index is 13.5. The Morgan fingerprint density at radius 1 is 1.10 bits per heavy atom. The fourth-order valence-corrected chi connectivity index (χ4v) is 3.42. The first-order valence-electron chi connectivity index (χ1n) is 9.71. The van der Waals surface area contributed by atoms with Gasteiger partial charge in [0.25, 0.3) is 5.91 Å².